The lowest BCUT2D eigenvalue weighted by atomic mass is 9.92. The van der Waals surface area contributed by atoms with Crippen molar-refractivity contribution in [2.24, 2.45) is 17.5 Å². The molecule has 140 valence electrons. The lowest BCUT2D eigenvalue weighted by Crippen LogP contribution is -2.38. The van der Waals surface area contributed by atoms with E-state index < -0.39 is 0 Å². The van der Waals surface area contributed by atoms with Gasteiger partial charge in [0, 0.05) is 45.5 Å². The van der Waals surface area contributed by atoms with Crippen LogP contribution < -0.4 is 5.32 Å². The lowest BCUT2D eigenvalue weighted by molar-refractivity contribution is 0.382. The van der Waals surface area contributed by atoms with E-state index in [4.69, 9.17) is 4.99 Å². The monoisotopic (exact) mass is 449 g/mol. The Morgan fingerprint density at radius 1 is 1.38 bits per heavy atom. The summed E-state index contributed by atoms with van der Waals surface area (Å²) in [6.07, 6.45) is 3.20. The average Bonchev–Trinajstić information content (AvgIpc) is 2.77. The predicted molar refractivity (Wildman–Crippen MR) is 114 cm³/mol. The van der Waals surface area contributed by atoms with E-state index in [-0.39, 0.29) is 24.0 Å². The summed E-state index contributed by atoms with van der Waals surface area (Å²) in [4.78, 5) is 6.97. The van der Waals surface area contributed by atoms with Crippen LogP contribution in [0.25, 0.3) is 0 Å². The summed E-state index contributed by atoms with van der Waals surface area (Å²) >= 11 is 0. The Morgan fingerprint density at radius 2 is 2.00 bits per heavy atom. The van der Waals surface area contributed by atoms with Gasteiger partial charge in [-0.05, 0) is 24.7 Å². The molecule has 1 aromatic heterocycles. The fourth-order valence-corrected chi connectivity index (χ4v) is 2.46. The average molecular weight is 449 g/mol. The molecule has 0 spiro atoms. The molecule has 6 heteroatoms. The van der Waals surface area contributed by atoms with Crippen LogP contribution in [0.1, 0.15) is 65.1 Å². The van der Waals surface area contributed by atoms with Gasteiger partial charge in [0.1, 0.15) is 0 Å². The van der Waals surface area contributed by atoms with Gasteiger partial charge in [-0.15, -0.1) is 24.0 Å². The van der Waals surface area contributed by atoms with Gasteiger partial charge < -0.3 is 10.2 Å². The van der Waals surface area contributed by atoms with Crippen molar-refractivity contribution in [3.63, 3.8) is 0 Å². The molecule has 1 aromatic rings. The highest BCUT2D eigenvalue weighted by atomic mass is 127. The molecule has 0 unspecified atom stereocenters. The highest BCUT2D eigenvalue weighted by Crippen LogP contribution is 2.19. The van der Waals surface area contributed by atoms with Gasteiger partial charge in [0.25, 0.3) is 0 Å². The second kappa shape index (κ2) is 10.3. The topological polar surface area (TPSA) is 45.5 Å². The SMILES string of the molecule is CCNC(=NCCC(C)(C)C)N(C)Cc1cn(C)nc1C(C)C.I. The maximum absolute atomic E-state index is 4.78. The Balaban J connectivity index is 0.00000529. The van der Waals surface area contributed by atoms with Crippen LogP contribution in [0.15, 0.2) is 11.2 Å². The molecule has 0 aromatic carbocycles. The van der Waals surface area contributed by atoms with Gasteiger partial charge in [-0.1, -0.05) is 34.6 Å². The Labute approximate surface area is 165 Å². The number of aromatic nitrogens is 2. The van der Waals surface area contributed by atoms with Gasteiger partial charge in [0.05, 0.1) is 5.69 Å². The molecule has 0 radical (unpaired) electrons. The minimum absolute atomic E-state index is 0. The van der Waals surface area contributed by atoms with Crippen LogP contribution in [0.2, 0.25) is 0 Å². The first-order valence-electron chi connectivity index (χ1n) is 8.66. The van der Waals surface area contributed by atoms with Crippen LogP contribution in [-0.4, -0.2) is 40.8 Å². The Kier molecular flexibility index (Phi) is 9.92. The van der Waals surface area contributed by atoms with Crippen molar-refractivity contribution in [3.8, 4) is 0 Å². The van der Waals surface area contributed by atoms with E-state index in [0.29, 0.717) is 11.3 Å². The number of rotatable bonds is 6. The molecule has 1 rings (SSSR count). The summed E-state index contributed by atoms with van der Waals surface area (Å²) in [5, 5.41) is 7.99. The second-order valence-electron chi connectivity index (χ2n) is 7.77. The van der Waals surface area contributed by atoms with E-state index in [1.165, 1.54) is 11.3 Å². The van der Waals surface area contributed by atoms with Crippen LogP contribution in [0.3, 0.4) is 0 Å². The third-order valence-corrected chi connectivity index (χ3v) is 3.71. The van der Waals surface area contributed by atoms with Crippen molar-refractivity contribution < 1.29 is 0 Å². The number of aryl methyl sites for hydroxylation is 1. The Morgan fingerprint density at radius 3 is 2.50 bits per heavy atom. The van der Waals surface area contributed by atoms with E-state index >= 15 is 0 Å². The third kappa shape index (κ3) is 7.85. The van der Waals surface area contributed by atoms with Gasteiger partial charge in [0.15, 0.2) is 5.96 Å². The van der Waals surface area contributed by atoms with E-state index in [1.807, 2.05) is 11.7 Å². The summed E-state index contributed by atoms with van der Waals surface area (Å²) in [5.74, 6) is 1.40. The molecular weight excluding hydrogens is 413 g/mol. The van der Waals surface area contributed by atoms with Gasteiger partial charge >= 0.3 is 0 Å². The van der Waals surface area contributed by atoms with Crippen LogP contribution >= 0.6 is 24.0 Å². The summed E-state index contributed by atoms with van der Waals surface area (Å²) in [7, 11) is 4.08. The fraction of sp³-hybridized carbons (Fsp3) is 0.778. The first kappa shape index (κ1) is 23.2. The number of guanidine groups is 1. The van der Waals surface area contributed by atoms with Crippen LogP contribution in [0, 0.1) is 5.41 Å². The van der Waals surface area contributed by atoms with Crippen molar-refractivity contribution in [2.75, 3.05) is 20.1 Å². The minimum Gasteiger partial charge on any atom is -0.357 e. The van der Waals surface area contributed by atoms with Crippen molar-refractivity contribution in [2.45, 2.75) is 60.4 Å². The molecule has 1 N–H and O–H groups in total. The van der Waals surface area contributed by atoms with Gasteiger partial charge in [-0.25, -0.2) is 0 Å². The van der Waals surface area contributed by atoms with Crippen molar-refractivity contribution >= 4 is 29.9 Å². The number of hydrogen-bond acceptors (Lipinski definition) is 2. The van der Waals surface area contributed by atoms with E-state index in [0.717, 1.165) is 32.0 Å². The molecule has 0 aliphatic heterocycles. The molecule has 0 saturated carbocycles. The number of aliphatic imine (C=N–C) groups is 1. The second-order valence-corrected chi connectivity index (χ2v) is 7.77. The van der Waals surface area contributed by atoms with Gasteiger partial charge in [-0.3, -0.25) is 9.67 Å². The zero-order chi connectivity index (χ0) is 17.6. The van der Waals surface area contributed by atoms with Crippen molar-refractivity contribution in [1.82, 2.24) is 20.0 Å². The molecule has 0 fully saturated rings. The number of halogens is 1. The molecule has 0 amide bonds. The third-order valence-electron chi connectivity index (χ3n) is 3.71. The molecule has 1 heterocycles. The normalized spacial score (nSPS) is 12.3. The first-order valence-corrected chi connectivity index (χ1v) is 8.66. The zero-order valence-corrected chi connectivity index (χ0v) is 19.0. The van der Waals surface area contributed by atoms with Crippen LogP contribution in [0.4, 0.5) is 0 Å². The van der Waals surface area contributed by atoms with Crippen LogP contribution in [-0.2, 0) is 13.6 Å². The number of nitrogens with zero attached hydrogens (tertiary/aromatic N) is 4. The zero-order valence-electron chi connectivity index (χ0n) is 16.7. The fourth-order valence-electron chi connectivity index (χ4n) is 2.46. The lowest BCUT2D eigenvalue weighted by Gasteiger charge is -2.23. The highest BCUT2D eigenvalue weighted by molar-refractivity contribution is 14.0. The quantitative estimate of drug-likeness (QED) is 0.406. The first-order chi connectivity index (χ1) is 10.6. The number of hydrogen-bond donors (Lipinski definition) is 1. The minimum atomic E-state index is 0. The van der Waals surface area contributed by atoms with Crippen LogP contribution in [0.5, 0.6) is 0 Å². The largest absolute Gasteiger partial charge is 0.357 e. The Hall–Kier alpha value is -0.790. The summed E-state index contributed by atoms with van der Waals surface area (Å²) in [5.41, 5.74) is 2.75. The van der Waals surface area contributed by atoms with E-state index in [9.17, 15) is 0 Å². The van der Waals surface area contributed by atoms with Crippen molar-refractivity contribution in [3.05, 3.63) is 17.5 Å². The predicted octanol–water partition coefficient (Wildman–Crippen LogP) is 4.00. The van der Waals surface area contributed by atoms with Gasteiger partial charge in [0.2, 0.25) is 0 Å². The van der Waals surface area contributed by atoms with Gasteiger partial charge in [-0.2, -0.15) is 5.10 Å². The maximum atomic E-state index is 4.78. The molecule has 5 nitrogen and oxygen atoms in total. The Bertz CT molecular complexity index is 514. The summed E-state index contributed by atoms with van der Waals surface area (Å²) in [6, 6.07) is 0. The molecule has 24 heavy (non-hydrogen) atoms. The van der Waals surface area contributed by atoms with E-state index in [2.05, 4.69) is 70.1 Å². The molecule has 0 saturated heterocycles. The molecular formula is C18H36IN5. The number of nitrogens with one attached hydrogen (secondary N) is 1. The molecule has 0 bridgehead atoms. The standard InChI is InChI=1S/C18H35N5.HI/c1-9-19-17(20-11-10-18(4,5)6)22(7)12-15-13-23(8)21-16(15)14(2)3;/h13-14H,9-12H2,1-8H3,(H,19,20);1H. The van der Waals surface area contributed by atoms with Crippen molar-refractivity contribution in [1.29, 1.82) is 0 Å². The maximum Gasteiger partial charge on any atom is 0.193 e. The summed E-state index contributed by atoms with van der Waals surface area (Å²) in [6.45, 7) is 15.8. The molecule has 0 atom stereocenters. The summed E-state index contributed by atoms with van der Waals surface area (Å²) < 4.78 is 1.90. The smallest absolute Gasteiger partial charge is 0.193 e. The molecule has 0 aliphatic rings. The van der Waals surface area contributed by atoms with E-state index in [1.54, 1.807) is 0 Å². The highest BCUT2D eigenvalue weighted by Gasteiger charge is 2.15. The molecule has 0 aliphatic carbocycles.